The molecule has 0 saturated heterocycles. The molecule has 1 unspecified atom stereocenters. The van der Waals surface area contributed by atoms with Gasteiger partial charge in [0.05, 0.1) is 28.0 Å². The number of hydrogen-bond donors (Lipinski definition) is 2. The molecule has 2 N–H and O–H groups in total. The number of esters is 1. The summed E-state index contributed by atoms with van der Waals surface area (Å²) in [4.78, 5) is 23.3. The van der Waals surface area contributed by atoms with E-state index in [1.807, 2.05) is 0 Å². The van der Waals surface area contributed by atoms with Gasteiger partial charge in [-0.05, 0) is 19.1 Å². The first-order chi connectivity index (χ1) is 8.52. The second-order valence-electron chi connectivity index (χ2n) is 3.63. The number of amides is 1. The van der Waals surface area contributed by atoms with Crippen LogP contribution in [0.3, 0.4) is 0 Å². The number of fused-ring (bicyclic) bond motifs is 1. The summed E-state index contributed by atoms with van der Waals surface area (Å²) < 4.78 is 4.80. The fourth-order valence-corrected chi connectivity index (χ4v) is 1.91. The van der Waals surface area contributed by atoms with Crippen LogP contribution in [0.2, 0.25) is 10.0 Å². The maximum Gasteiger partial charge on any atom is 0.338 e. The first kappa shape index (κ1) is 13.0. The monoisotopic (exact) mass is 288 g/mol. The summed E-state index contributed by atoms with van der Waals surface area (Å²) in [5.41, 5.74) is 1.01. The quantitative estimate of drug-likeness (QED) is 0.647. The molecule has 96 valence electrons. The number of hydrogen-bond acceptors (Lipinski definition) is 4. The SMILES string of the molecule is CCOC(=O)C1Nc2cc(Cl)c(Cl)cc2NC1=O. The smallest absolute Gasteiger partial charge is 0.338 e. The Morgan fingerprint density at radius 1 is 1.33 bits per heavy atom. The summed E-state index contributed by atoms with van der Waals surface area (Å²) >= 11 is 11.7. The van der Waals surface area contributed by atoms with Crippen LogP contribution in [-0.4, -0.2) is 24.5 Å². The molecule has 1 aromatic rings. The number of halogens is 2. The lowest BCUT2D eigenvalue weighted by atomic mass is 10.1. The van der Waals surface area contributed by atoms with Crippen molar-refractivity contribution in [2.75, 3.05) is 17.2 Å². The van der Waals surface area contributed by atoms with E-state index in [2.05, 4.69) is 10.6 Å². The van der Waals surface area contributed by atoms with Crippen molar-refractivity contribution in [3.8, 4) is 0 Å². The maximum atomic E-state index is 11.7. The number of ether oxygens (including phenoxy) is 1. The predicted molar refractivity (Wildman–Crippen MR) is 69.1 cm³/mol. The van der Waals surface area contributed by atoms with Gasteiger partial charge in [0.2, 0.25) is 6.04 Å². The van der Waals surface area contributed by atoms with Crippen LogP contribution >= 0.6 is 23.2 Å². The molecule has 0 saturated carbocycles. The standard InChI is InChI=1S/C11H10Cl2N2O3/c1-2-18-11(17)9-10(16)15-8-4-6(13)5(12)3-7(8)14-9/h3-4,9,14H,2H2,1H3,(H,15,16). The number of benzene rings is 1. The molecule has 0 fully saturated rings. The molecular formula is C11H10Cl2N2O3. The van der Waals surface area contributed by atoms with Crippen molar-refractivity contribution in [2.24, 2.45) is 0 Å². The van der Waals surface area contributed by atoms with E-state index in [4.69, 9.17) is 27.9 Å². The molecule has 1 aliphatic heterocycles. The largest absolute Gasteiger partial charge is 0.464 e. The Bertz CT molecular complexity index is 519. The zero-order valence-electron chi connectivity index (χ0n) is 9.42. The second kappa shape index (κ2) is 5.04. The molecule has 1 amide bonds. The molecule has 0 aliphatic carbocycles. The summed E-state index contributed by atoms with van der Waals surface area (Å²) in [6, 6.07) is 1.99. The summed E-state index contributed by atoms with van der Waals surface area (Å²) in [6.07, 6.45) is 0. The van der Waals surface area contributed by atoms with E-state index in [0.29, 0.717) is 21.4 Å². The van der Waals surface area contributed by atoms with Crippen LogP contribution in [0, 0.1) is 0 Å². The zero-order chi connectivity index (χ0) is 13.3. The van der Waals surface area contributed by atoms with Crippen molar-refractivity contribution in [3.63, 3.8) is 0 Å². The number of carbonyl (C=O) groups is 2. The van der Waals surface area contributed by atoms with Crippen molar-refractivity contribution in [1.82, 2.24) is 0 Å². The summed E-state index contributed by atoms with van der Waals surface area (Å²) in [7, 11) is 0. The molecular weight excluding hydrogens is 279 g/mol. The highest BCUT2D eigenvalue weighted by Gasteiger charge is 2.33. The van der Waals surface area contributed by atoms with Gasteiger partial charge in [-0.1, -0.05) is 23.2 Å². The Labute approximate surface area is 113 Å². The second-order valence-corrected chi connectivity index (χ2v) is 4.44. The van der Waals surface area contributed by atoms with Gasteiger partial charge < -0.3 is 15.4 Å². The van der Waals surface area contributed by atoms with Gasteiger partial charge in [0.1, 0.15) is 0 Å². The van der Waals surface area contributed by atoms with Crippen molar-refractivity contribution < 1.29 is 14.3 Å². The molecule has 1 heterocycles. The normalized spacial score (nSPS) is 17.5. The summed E-state index contributed by atoms with van der Waals surface area (Å²) in [5.74, 6) is -1.12. The highest BCUT2D eigenvalue weighted by atomic mass is 35.5. The Balaban J connectivity index is 2.30. The Morgan fingerprint density at radius 3 is 2.56 bits per heavy atom. The average molecular weight is 289 g/mol. The van der Waals surface area contributed by atoms with Gasteiger partial charge in [0.25, 0.3) is 5.91 Å². The van der Waals surface area contributed by atoms with Crippen LogP contribution in [0.15, 0.2) is 12.1 Å². The third-order valence-corrected chi connectivity index (χ3v) is 3.12. The van der Waals surface area contributed by atoms with Gasteiger partial charge in [-0.3, -0.25) is 4.79 Å². The van der Waals surface area contributed by atoms with Crippen LogP contribution in [0.1, 0.15) is 6.92 Å². The van der Waals surface area contributed by atoms with Gasteiger partial charge >= 0.3 is 5.97 Å². The topological polar surface area (TPSA) is 67.4 Å². The molecule has 1 aliphatic rings. The highest BCUT2D eigenvalue weighted by Crippen LogP contribution is 2.35. The van der Waals surface area contributed by atoms with E-state index in [-0.39, 0.29) is 6.61 Å². The molecule has 7 heteroatoms. The fourth-order valence-electron chi connectivity index (χ4n) is 1.59. The minimum absolute atomic E-state index is 0.207. The lowest BCUT2D eigenvalue weighted by Gasteiger charge is -2.25. The molecule has 0 radical (unpaired) electrons. The molecule has 0 aromatic heterocycles. The van der Waals surface area contributed by atoms with E-state index < -0.39 is 17.9 Å². The number of carbonyl (C=O) groups excluding carboxylic acids is 2. The van der Waals surface area contributed by atoms with Gasteiger partial charge in [0.15, 0.2) is 0 Å². The van der Waals surface area contributed by atoms with Gasteiger partial charge in [-0.2, -0.15) is 0 Å². The lowest BCUT2D eigenvalue weighted by Crippen LogP contribution is -2.45. The Morgan fingerprint density at radius 2 is 1.94 bits per heavy atom. The third-order valence-electron chi connectivity index (χ3n) is 2.40. The minimum atomic E-state index is -1.07. The highest BCUT2D eigenvalue weighted by molar-refractivity contribution is 6.42. The number of rotatable bonds is 2. The van der Waals surface area contributed by atoms with E-state index in [1.165, 1.54) is 6.07 Å². The molecule has 5 nitrogen and oxygen atoms in total. The molecule has 0 spiro atoms. The van der Waals surface area contributed by atoms with E-state index >= 15 is 0 Å². The van der Waals surface area contributed by atoms with Crippen molar-refractivity contribution in [2.45, 2.75) is 13.0 Å². The number of anilines is 2. The predicted octanol–water partition coefficient (Wildman–Crippen LogP) is 2.29. The van der Waals surface area contributed by atoms with Gasteiger partial charge in [0, 0.05) is 0 Å². The Kier molecular flexibility index (Phi) is 3.63. The Hall–Kier alpha value is -1.46. The maximum absolute atomic E-state index is 11.7. The van der Waals surface area contributed by atoms with Crippen molar-refractivity contribution in [3.05, 3.63) is 22.2 Å². The van der Waals surface area contributed by atoms with E-state index in [1.54, 1.807) is 13.0 Å². The van der Waals surface area contributed by atoms with Crippen LogP contribution < -0.4 is 10.6 Å². The molecule has 2 rings (SSSR count). The fraction of sp³-hybridized carbons (Fsp3) is 0.273. The molecule has 1 atom stereocenters. The minimum Gasteiger partial charge on any atom is -0.464 e. The molecule has 18 heavy (non-hydrogen) atoms. The summed E-state index contributed by atoms with van der Waals surface area (Å²) in [6.45, 7) is 1.88. The van der Waals surface area contributed by atoms with Gasteiger partial charge in [-0.25, -0.2) is 4.79 Å². The molecule has 0 bridgehead atoms. The van der Waals surface area contributed by atoms with Gasteiger partial charge in [-0.15, -0.1) is 0 Å². The zero-order valence-corrected chi connectivity index (χ0v) is 10.9. The van der Waals surface area contributed by atoms with Crippen LogP contribution in [0.25, 0.3) is 0 Å². The van der Waals surface area contributed by atoms with E-state index in [9.17, 15) is 9.59 Å². The van der Waals surface area contributed by atoms with Crippen molar-refractivity contribution in [1.29, 1.82) is 0 Å². The summed E-state index contributed by atoms with van der Waals surface area (Å²) in [5, 5.41) is 6.00. The lowest BCUT2D eigenvalue weighted by molar-refractivity contribution is -0.146. The molecule has 1 aromatic carbocycles. The van der Waals surface area contributed by atoms with Crippen LogP contribution in [0.5, 0.6) is 0 Å². The first-order valence-corrected chi connectivity index (χ1v) is 6.01. The average Bonchev–Trinajstić information content (AvgIpc) is 2.31. The third kappa shape index (κ3) is 2.37. The first-order valence-electron chi connectivity index (χ1n) is 5.26. The van der Waals surface area contributed by atoms with Crippen LogP contribution in [0.4, 0.5) is 11.4 Å². The van der Waals surface area contributed by atoms with Crippen LogP contribution in [-0.2, 0) is 14.3 Å². The van der Waals surface area contributed by atoms with E-state index in [0.717, 1.165) is 0 Å². The number of nitrogens with one attached hydrogen (secondary N) is 2. The van der Waals surface area contributed by atoms with Crippen molar-refractivity contribution >= 4 is 46.5 Å².